The Hall–Kier alpha value is -2.10. The van der Waals surface area contributed by atoms with Gasteiger partial charge in [-0.2, -0.15) is 0 Å². The molecule has 1 heterocycles. The third kappa shape index (κ3) is 4.53. The highest BCUT2D eigenvalue weighted by molar-refractivity contribution is 5.72. The molecule has 0 unspecified atom stereocenters. The highest BCUT2D eigenvalue weighted by atomic mass is 16.5. The molecule has 0 atom stereocenters. The number of aryl methyl sites for hydroxylation is 2. The first-order chi connectivity index (χ1) is 9.75. The standard InChI is InChI=1S/C16H20N2O2/c1-14-17-9-11-18(14)10-5-6-12-20-16(19)13-15-7-3-2-4-8-15/h2-4,7-9,11H,5-6,10,12-13H2,1H3. The Labute approximate surface area is 119 Å². The van der Waals surface area contributed by atoms with Crippen LogP contribution in [0.4, 0.5) is 0 Å². The minimum Gasteiger partial charge on any atom is -0.465 e. The molecule has 4 nitrogen and oxygen atoms in total. The van der Waals surface area contributed by atoms with Gasteiger partial charge in [-0.05, 0) is 25.3 Å². The van der Waals surface area contributed by atoms with E-state index >= 15 is 0 Å². The molecular formula is C16H20N2O2. The average molecular weight is 272 g/mol. The molecule has 106 valence electrons. The van der Waals surface area contributed by atoms with E-state index in [2.05, 4.69) is 9.55 Å². The molecule has 1 aromatic carbocycles. The van der Waals surface area contributed by atoms with Gasteiger partial charge < -0.3 is 9.30 Å². The first-order valence-corrected chi connectivity index (χ1v) is 6.93. The van der Waals surface area contributed by atoms with E-state index < -0.39 is 0 Å². The van der Waals surface area contributed by atoms with Gasteiger partial charge in [-0.3, -0.25) is 4.79 Å². The van der Waals surface area contributed by atoms with Crippen LogP contribution in [0.2, 0.25) is 0 Å². The number of imidazole rings is 1. The lowest BCUT2D eigenvalue weighted by molar-refractivity contribution is -0.142. The zero-order valence-electron chi connectivity index (χ0n) is 11.8. The Morgan fingerprint density at radius 1 is 1.25 bits per heavy atom. The lowest BCUT2D eigenvalue weighted by Gasteiger charge is -2.06. The van der Waals surface area contributed by atoms with Crippen molar-refractivity contribution < 1.29 is 9.53 Å². The van der Waals surface area contributed by atoms with Crippen LogP contribution >= 0.6 is 0 Å². The van der Waals surface area contributed by atoms with E-state index in [-0.39, 0.29) is 5.97 Å². The predicted octanol–water partition coefficient (Wildman–Crippen LogP) is 2.76. The fraction of sp³-hybridized carbons (Fsp3) is 0.375. The second-order valence-electron chi connectivity index (χ2n) is 4.76. The fourth-order valence-corrected chi connectivity index (χ4v) is 2.02. The van der Waals surface area contributed by atoms with Crippen molar-refractivity contribution in [2.45, 2.75) is 32.7 Å². The zero-order valence-corrected chi connectivity index (χ0v) is 11.8. The summed E-state index contributed by atoms with van der Waals surface area (Å²) in [5.74, 6) is 0.862. The van der Waals surface area contributed by atoms with Crippen LogP contribution in [0.25, 0.3) is 0 Å². The number of nitrogens with zero attached hydrogens (tertiary/aromatic N) is 2. The van der Waals surface area contributed by atoms with Crippen molar-refractivity contribution in [2.24, 2.45) is 0 Å². The topological polar surface area (TPSA) is 44.1 Å². The third-order valence-electron chi connectivity index (χ3n) is 3.17. The molecule has 1 aromatic heterocycles. The molecule has 0 amide bonds. The molecule has 0 spiro atoms. The van der Waals surface area contributed by atoms with Crippen LogP contribution in [-0.4, -0.2) is 22.1 Å². The van der Waals surface area contributed by atoms with Crippen LogP contribution in [0.1, 0.15) is 24.2 Å². The van der Waals surface area contributed by atoms with Crippen molar-refractivity contribution in [3.63, 3.8) is 0 Å². The first-order valence-electron chi connectivity index (χ1n) is 6.93. The van der Waals surface area contributed by atoms with Crippen LogP contribution in [0.5, 0.6) is 0 Å². The summed E-state index contributed by atoms with van der Waals surface area (Å²) in [7, 11) is 0. The summed E-state index contributed by atoms with van der Waals surface area (Å²) in [6, 6.07) is 9.66. The van der Waals surface area contributed by atoms with Crippen molar-refractivity contribution in [3.8, 4) is 0 Å². The molecule has 0 fully saturated rings. The molecule has 0 aliphatic rings. The van der Waals surface area contributed by atoms with Gasteiger partial charge in [-0.25, -0.2) is 4.98 Å². The number of esters is 1. The molecule has 0 bridgehead atoms. The summed E-state index contributed by atoms with van der Waals surface area (Å²) in [5, 5.41) is 0. The number of rotatable bonds is 7. The number of carbonyl (C=O) groups excluding carboxylic acids is 1. The SMILES string of the molecule is Cc1nccn1CCCCOC(=O)Cc1ccccc1. The first kappa shape index (κ1) is 14.3. The third-order valence-corrected chi connectivity index (χ3v) is 3.17. The Morgan fingerprint density at radius 2 is 2.05 bits per heavy atom. The number of carbonyl (C=O) groups is 1. The largest absolute Gasteiger partial charge is 0.465 e. The smallest absolute Gasteiger partial charge is 0.310 e. The summed E-state index contributed by atoms with van der Waals surface area (Å²) >= 11 is 0. The number of ether oxygens (including phenoxy) is 1. The second-order valence-corrected chi connectivity index (χ2v) is 4.76. The summed E-state index contributed by atoms with van der Waals surface area (Å²) in [6.45, 7) is 3.39. The zero-order chi connectivity index (χ0) is 14.2. The number of hydrogen-bond acceptors (Lipinski definition) is 3. The Bertz CT molecular complexity index is 534. The van der Waals surface area contributed by atoms with Crippen molar-refractivity contribution in [3.05, 3.63) is 54.1 Å². The predicted molar refractivity (Wildman–Crippen MR) is 77.3 cm³/mol. The van der Waals surface area contributed by atoms with Gasteiger partial charge in [0.25, 0.3) is 0 Å². The molecule has 0 saturated heterocycles. The van der Waals surface area contributed by atoms with Gasteiger partial charge in [0.15, 0.2) is 0 Å². The summed E-state index contributed by atoms with van der Waals surface area (Å²) in [5.41, 5.74) is 0.992. The van der Waals surface area contributed by atoms with E-state index in [1.165, 1.54) is 0 Å². The van der Waals surface area contributed by atoms with Gasteiger partial charge in [0.2, 0.25) is 0 Å². The van der Waals surface area contributed by atoms with Gasteiger partial charge in [0.1, 0.15) is 5.82 Å². The second kappa shape index (κ2) is 7.48. The van der Waals surface area contributed by atoms with Crippen molar-refractivity contribution in [1.82, 2.24) is 9.55 Å². The fourth-order valence-electron chi connectivity index (χ4n) is 2.02. The van der Waals surface area contributed by atoms with Gasteiger partial charge in [-0.15, -0.1) is 0 Å². The van der Waals surface area contributed by atoms with E-state index in [1.54, 1.807) is 6.20 Å². The molecule has 4 heteroatoms. The molecule has 0 radical (unpaired) electrons. The molecule has 0 N–H and O–H groups in total. The average Bonchev–Trinajstić information content (AvgIpc) is 2.85. The molecule has 0 saturated carbocycles. The van der Waals surface area contributed by atoms with Crippen molar-refractivity contribution in [1.29, 1.82) is 0 Å². The number of unbranched alkanes of at least 4 members (excludes halogenated alkanes) is 1. The normalized spacial score (nSPS) is 10.4. The monoisotopic (exact) mass is 272 g/mol. The van der Waals surface area contributed by atoms with Crippen LogP contribution in [0.3, 0.4) is 0 Å². The molecule has 0 aliphatic carbocycles. The number of hydrogen-bond donors (Lipinski definition) is 0. The van der Waals surface area contributed by atoms with Gasteiger partial charge in [0.05, 0.1) is 13.0 Å². The minimum atomic E-state index is -0.157. The summed E-state index contributed by atoms with van der Waals surface area (Å²) < 4.78 is 7.33. The molecular weight excluding hydrogens is 252 g/mol. The Kier molecular flexibility index (Phi) is 5.35. The lowest BCUT2D eigenvalue weighted by Crippen LogP contribution is -2.09. The van der Waals surface area contributed by atoms with E-state index in [0.717, 1.165) is 30.8 Å². The molecule has 2 aromatic rings. The Morgan fingerprint density at radius 3 is 2.75 bits per heavy atom. The van der Waals surface area contributed by atoms with Gasteiger partial charge in [0, 0.05) is 18.9 Å². The van der Waals surface area contributed by atoms with Crippen LogP contribution in [-0.2, 0) is 22.5 Å². The molecule has 2 rings (SSSR count). The summed E-state index contributed by atoms with van der Waals surface area (Å²) in [4.78, 5) is 15.8. The summed E-state index contributed by atoms with van der Waals surface area (Å²) in [6.07, 6.45) is 5.97. The maximum Gasteiger partial charge on any atom is 0.310 e. The maximum absolute atomic E-state index is 11.6. The molecule has 0 aliphatic heterocycles. The van der Waals surface area contributed by atoms with E-state index in [4.69, 9.17) is 4.74 Å². The van der Waals surface area contributed by atoms with E-state index in [9.17, 15) is 4.79 Å². The van der Waals surface area contributed by atoms with Crippen LogP contribution in [0.15, 0.2) is 42.7 Å². The minimum absolute atomic E-state index is 0.157. The van der Waals surface area contributed by atoms with E-state index in [1.807, 2.05) is 43.5 Å². The van der Waals surface area contributed by atoms with Crippen molar-refractivity contribution in [2.75, 3.05) is 6.61 Å². The highest BCUT2D eigenvalue weighted by Crippen LogP contribution is 2.03. The lowest BCUT2D eigenvalue weighted by atomic mass is 10.2. The van der Waals surface area contributed by atoms with Crippen molar-refractivity contribution >= 4 is 5.97 Å². The van der Waals surface area contributed by atoms with Gasteiger partial charge in [-0.1, -0.05) is 30.3 Å². The van der Waals surface area contributed by atoms with E-state index in [0.29, 0.717) is 13.0 Å². The maximum atomic E-state index is 11.6. The van der Waals surface area contributed by atoms with Crippen LogP contribution < -0.4 is 0 Å². The Balaban J connectivity index is 1.59. The van der Waals surface area contributed by atoms with Crippen LogP contribution in [0, 0.1) is 6.92 Å². The number of aromatic nitrogens is 2. The quantitative estimate of drug-likeness (QED) is 0.575. The van der Waals surface area contributed by atoms with Gasteiger partial charge >= 0.3 is 5.97 Å². The number of benzene rings is 1. The molecule has 20 heavy (non-hydrogen) atoms. The highest BCUT2D eigenvalue weighted by Gasteiger charge is 2.04.